The fourth-order valence-corrected chi connectivity index (χ4v) is 5.79. The zero-order chi connectivity index (χ0) is 29.0. The van der Waals surface area contributed by atoms with Crippen LogP contribution in [0.5, 0.6) is 0 Å². The molecule has 3 aromatic heterocycles. The minimum Gasteiger partial charge on any atom is -0.453 e. The summed E-state index contributed by atoms with van der Waals surface area (Å²) in [7, 11) is 0. The smallest absolute Gasteiger partial charge is 0.227 e. The molecule has 0 atom stereocenters. The lowest BCUT2D eigenvalue weighted by Gasteiger charge is -2.09. The molecule has 6 heteroatoms. The Morgan fingerprint density at radius 1 is 0.386 bits per heavy atom. The van der Waals surface area contributed by atoms with Gasteiger partial charge in [-0.25, -0.2) is 19.9 Å². The second-order valence-electron chi connectivity index (χ2n) is 10.7. The van der Waals surface area contributed by atoms with E-state index in [1.807, 2.05) is 109 Å². The Hall–Kier alpha value is -6.14. The van der Waals surface area contributed by atoms with E-state index in [4.69, 9.17) is 28.8 Å². The van der Waals surface area contributed by atoms with Crippen LogP contribution < -0.4 is 0 Å². The van der Waals surface area contributed by atoms with Crippen molar-refractivity contribution in [3.8, 4) is 45.6 Å². The first kappa shape index (κ1) is 24.5. The SMILES string of the molecule is c1ccc(-c2nc(-c3ccccc3)nc(-c3ccc4c(ccc5c6ccc7oc(-c8ccccc8)nc7c6oc45)c3)n2)cc1. The van der Waals surface area contributed by atoms with Gasteiger partial charge in [0, 0.05) is 38.4 Å². The van der Waals surface area contributed by atoms with Crippen LogP contribution in [-0.4, -0.2) is 19.9 Å². The van der Waals surface area contributed by atoms with Crippen molar-refractivity contribution in [3.63, 3.8) is 0 Å². The molecule has 0 N–H and O–H groups in total. The van der Waals surface area contributed by atoms with Crippen molar-refractivity contribution in [2.75, 3.05) is 0 Å². The van der Waals surface area contributed by atoms with Crippen molar-refractivity contribution in [2.45, 2.75) is 0 Å². The van der Waals surface area contributed by atoms with Gasteiger partial charge in [-0.3, -0.25) is 0 Å². The minimum atomic E-state index is 0.574. The predicted molar refractivity (Wildman–Crippen MR) is 174 cm³/mol. The highest BCUT2D eigenvalue weighted by Gasteiger charge is 2.18. The third-order valence-corrected chi connectivity index (χ3v) is 7.96. The number of nitrogens with zero attached hydrogens (tertiary/aromatic N) is 4. The van der Waals surface area contributed by atoms with Gasteiger partial charge >= 0.3 is 0 Å². The molecule has 0 fully saturated rings. The van der Waals surface area contributed by atoms with Gasteiger partial charge in [0.05, 0.1) is 0 Å². The van der Waals surface area contributed by atoms with E-state index >= 15 is 0 Å². The molecule has 6 aromatic carbocycles. The molecule has 0 radical (unpaired) electrons. The number of fused-ring (bicyclic) bond motifs is 7. The molecule has 9 aromatic rings. The normalized spacial score (nSPS) is 11.6. The number of hydrogen-bond donors (Lipinski definition) is 0. The molecule has 6 nitrogen and oxygen atoms in total. The summed E-state index contributed by atoms with van der Waals surface area (Å²) in [5, 5.41) is 4.06. The summed E-state index contributed by atoms with van der Waals surface area (Å²) >= 11 is 0. The molecule has 44 heavy (non-hydrogen) atoms. The van der Waals surface area contributed by atoms with Gasteiger partial charge in [-0.15, -0.1) is 0 Å². The van der Waals surface area contributed by atoms with Crippen molar-refractivity contribution in [3.05, 3.63) is 133 Å². The molecular weight excluding hydrogens is 544 g/mol. The molecule has 0 saturated heterocycles. The number of furan rings is 1. The summed E-state index contributed by atoms with van der Waals surface area (Å²) in [5.74, 6) is 2.45. The van der Waals surface area contributed by atoms with Crippen LogP contribution in [0.2, 0.25) is 0 Å². The quantitative estimate of drug-likeness (QED) is 0.211. The summed E-state index contributed by atoms with van der Waals surface area (Å²) in [6.07, 6.45) is 0. The van der Waals surface area contributed by atoms with E-state index in [0.717, 1.165) is 60.5 Å². The number of aromatic nitrogens is 4. The Balaban J connectivity index is 1.20. The Morgan fingerprint density at radius 2 is 0.932 bits per heavy atom. The van der Waals surface area contributed by atoms with E-state index in [1.165, 1.54) is 0 Å². The first-order valence-corrected chi connectivity index (χ1v) is 14.4. The maximum atomic E-state index is 6.56. The number of oxazole rings is 1. The van der Waals surface area contributed by atoms with Crippen LogP contribution in [0.25, 0.3) is 89.4 Å². The molecule has 0 amide bonds. The van der Waals surface area contributed by atoms with E-state index in [-0.39, 0.29) is 0 Å². The van der Waals surface area contributed by atoms with Gasteiger partial charge in [-0.1, -0.05) is 91.0 Å². The molecule has 3 heterocycles. The molecular formula is C38H22N4O2. The van der Waals surface area contributed by atoms with Gasteiger partial charge in [0.15, 0.2) is 34.2 Å². The summed E-state index contributed by atoms with van der Waals surface area (Å²) in [5.41, 5.74) is 6.64. The van der Waals surface area contributed by atoms with Crippen molar-refractivity contribution in [1.82, 2.24) is 19.9 Å². The van der Waals surface area contributed by atoms with Gasteiger partial charge in [-0.05, 0) is 47.9 Å². The van der Waals surface area contributed by atoms with Crippen LogP contribution in [0, 0.1) is 0 Å². The third-order valence-electron chi connectivity index (χ3n) is 7.96. The lowest BCUT2D eigenvalue weighted by molar-refractivity contribution is 0.620. The van der Waals surface area contributed by atoms with E-state index in [2.05, 4.69) is 24.3 Å². The molecule has 0 saturated carbocycles. The van der Waals surface area contributed by atoms with Crippen LogP contribution >= 0.6 is 0 Å². The maximum absolute atomic E-state index is 6.56. The lowest BCUT2D eigenvalue weighted by atomic mass is 10.0. The first-order chi connectivity index (χ1) is 21.8. The van der Waals surface area contributed by atoms with Gasteiger partial charge in [0.25, 0.3) is 0 Å². The fraction of sp³-hybridized carbons (Fsp3) is 0. The van der Waals surface area contributed by atoms with Crippen molar-refractivity contribution in [1.29, 1.82) is 0 Å². The van der Waals surface area contributed by atoms with Gasteiger partial charge in [-0.2, -0.15) is 0 Å². The van der Waals surface area contributed by atoms with Crippen LogP contribution in [0.1, 0.15) is 0 Å². The van der Waals surface area contributed by atoms with Gasteiger partial charge in [0.1, 0.15) is 5.58 Å². The maximum Gasteiger partial charge on any atom is 0.227 e. The van der Waals surface area contributed by atoms with Crippen molar-refractivity contribution >= 4 is 43.8 Å². The predicted octanol–water partition coefficient (Wildman–Crippen LogP) is 9.73. The Morgan fingerprint density at radius 3 is 1.59 bits per heavy atom. The average molecular weight is 567 g/mol. The summed E-state index contributed by atoms with van der Waals surface area (Å²) in [6.45, 7) is 0. The molecule has 0 bridgehead atoms. The monoisotopic (exact) mass is 566 g/mol. The zero-order valence-corrected chi connectivity index (χ0v) is 23.3. The zero-order valence-electron chi connectivity index (χ0n) is 23.3. The van der Waals surface area contributed by atoms with Crippen molar-refractivity contribution in [2.24, 2.45) is 0 Å². The van der Waals surface area contributed by atoms with E-state index in [9.17, 15) is 0 Å². The highest BCUT2D eigenvalue weighted by molar-refractivity contribution is 6.19. The van der Waals surface area contributed by atoms with Crippen LogP contribution in [-0.2, 0) is 0 Å². The van der Waals surface area contributed by atoms with Gasteiger partial charge in [0.2, 0.25) is 5.89 Å². The number of hydrogen-bond acceptors (Lipinski definition) is 6. The molecule has 0 aliphatic rings. The second kappa shape index (κ2) is 9.71. The highest BCUT2D eigenvalue weighted by Crippen LogP contribution is 2.39. The average Bonchev–Trinajstić information content (AvgIpc) is 3.71. The molecule has 206 valence electrons. The Kier molecular flexibility index (Phi) is 5.40. The molecule has 9 rings (SSSR count). The topological polar surface area (TPSA) is 77.8 Å². The molecule has 0 unspecified atom stereocenters. The van der Waals surface area contributed by atoms with Gasteiger partial charge < -0.3 is 8.83 Å². The van der Waals surface area contributed by atoms with E-state index in [1.54, 1.807) is 0 Å². The molecule has 0 spiro atoms. The number of rotatable bonds is 4. The number of benzene rings is 6. The molecule has 0 aliphatic heterocycles. The summed E-state index contributed by atoms with van der Waals surface area (Å²) < 4.78 is 12.7. The Labute approximate surface area is 251 Å². The second-order valence-corrected chi connectivity index (χ2v) is 10.7. The van der Waals surface area contributed by atoms with Crippen LogP contribution in [0.3, 0.4) is 0 Å². The van der Waals surface area contributed by atoms with E-state index < -0.39 is 0 Å². The Bertz CT molecular complexity index is 2430. The fourth-order valence-electron chi connectivity index (χ4n) is 5.79. The summed E-state index contributed by atoms with van der Waals surface area (Å²) in [6, 6.07) is 44.4. The van der Waals surface area contributed by atoms with Crippen LogP contribution in [0.4, 0.5) is 0 Å². The minimum absolute atomic E-state index is 0.574. The van der Waals surface area contributed by atoms with Crippen LogP contribution in [0.15, 0.2) is 142 Å². The van der Waals surface area contributed by atoms with E-state index in [0.29, 0.717) is 28.9 Å². The third kappa shape index (κ3) is 3.96. The lowest BCUT2D eigenvalue weighted by Crippen LogP contribution is -2.00. The summed E-state index contributed by atoms with van der Waals surface area (Å²) in [4.78, 5) is 19.4. The highest BCUT2D eigenvalue weighted by atomic mass is 16.4. The largest absolute Gasteiger partial charge is 0.453 e. The molecule has 0 aliphatic carbocycles. The standard InChI is InChI=1S/C38H22N4O2/c1-4-10-23(11-5-1)35-40-36(24-12-6-2-7-13-24)42-37(41-35)27-17-18-28-26(22-27)16-19-29-30-20-21-31-32(34(30)44-33(28)29)39-38(43-31)25-14-8-3-9-15-25/h1-22H. The first-order valence-electron chi connectivity index (χ1n) is 14.4. The van der Waals surface area contributed by atoms with Crippen molar-refractivity contribution < 1.29 is 8.83 Å².